The van der Waals surface area contributed by atoms with Gasteiger partial charge in [-0.25, -0.2) is 0 Å². The number of fused-ring (bicyclic) bond motifs is 1. The van der Waals surface area contributed by atoms with Crippen molar-refractivity contribution in [3.8, 4) is 6.01 Å². The number of rotatable bonds is 6. The lowest BCUT2D eigenvalue weighted by molar-refractivity contribution is -0.118. The van der Waals surface area contributed by atoms with Gasteiger partial charge in [-0.2, -0.15) is 0 Å². The van der Waals surface area contributed by atoms with Gasteiger partial charge in [-0.05, 0) is 42.2 Å². The number of ether oxygens (including phenoxy) is 1. The number of hydrogen-bond acceptors (Lipinski definition) is 4. The Hall–Kier alpha value is -2.89. The molecule has 0 saturated heterocycles. The van der Waals surface area contributed by atoms with E-state index in [1.165, 1.54) is 5.56 Å². The van der Waals surface area contributed by atoms with Crippen molar-refractivity contribution in [2.45, 2.75) is 26.2 Å². The number of hydrogen-bond donors (Lipinski definition) is 1. The van der Waals surface area contributed by atoms with Crippen molar-refractivity contribution in [3.63, 3.8) is 0 Å². The number of carbonyl (C=O) groups excluding carboxylic acids is 1. The Kier molecular flexibility index (Phi) is 4.74. The maximum absolute atomic E-state index is 12.0. The number of amides is 1. The number of benzene rings is 1. The van der Waals surface area contributed by atoms with Crippen molar-refractivity contribution in [1.29, 1.82) is 0 Å². The summed E-state index contributed by atoms with van der Waals surface area (Å²) in [5.74, 6) is 0.276. The average molecular weight is 324 g/mol. The molecule has 0 aliphatic heterocycles. The van der Waals surface area contributed by atoms with Crippen LogP contribution in [0.1, 0.15) is 31.7 Å². The number of nitrogens with zero attached hydrogens (tertiary/aromatic N) is 3. The molecule has 2 aromatic heterocycles. The highest BCUT2D eigenvalue weighted by molar-refractivity contribution is 5.91. The third kappa shape index (κ3) is 3.53. The smallest absolute Gasteiger partial charge is 0.322 e. The Morgan fingerprint density at radius 3 is 2.75 bits per heavy atom. The molecule has 1 atom stereocenters. The van der Waals surface area contributed by atoms with Crippen molar-refractivity contribution >= 4 is 17.2 Å². The molecule has 0 aliphatic carbocycles. The van der Waals surface area contributed by atoms with Gasteiger partial charge in [0.2, 0.25) is 0 Å². The maximum Gasteiger partial charge on any atom is 0.322 e. The lowest BCUT2D eigenvalue weighted by atomic mass is 9.99. The van der Waals surface area contributed by atoms with Gasteiger partial charge in [0, 0.05) is 11.9 Å². The predicted molar refractivity (Wildman–Crippen MR) is 92.3 cm³/mol. The van der Waals surface area contributed by atoms with Crippen molar-refractivity contribution in [2.24, 2.45) is 0 Å². The van der Waals surface area contributed by atoms with Gasteiger partial charge in [0.05, 0.1) is 0 Å². The van der Waals surface area contributed by atoms with E-state index in [1.54, 1.807) is 10.6 Å². The standard InChI is InChI=1S/C18H20N4O2/c1-3-13(2)14-7-9-15(10-8-14)19-17(23)12-24-18-21-20-16-6-4-5-11-22(16)18/h4-11,13H,3,12H2,1-2H3,(H,19,23). The molecule has 0 spiro atoms. The molecule has 2 heterocycles. The summed E-state index contributed by atoms with van der Waals surface area (Å²) in [7, 11) is 0. The SMILES string of the molecule is CCC(C)c1ccc(NC(=O)COc2nnc3ccccn23)cc1. The second-order valence-corrected chi connectivity index (χ2v) is 5.68. The van der Waals surface area contributed by atoms with E-state index in [0.717, 1.165) is 12.1 Å². The van der Waals surface area contributed by atoms with Crippen LogP contribution >= 0.6 is 0 Å². The van der Waals surface area contributed by atoms with Crippen LogP contribution in [0.4, 0.5) is 5.69 Å². The van der Waals surface area contributed by atoms with Crippen molar-refractivity contribution < 1.29 is 9.53 Å². The zero-order valence-corrected chi connectivity index (χ0v) is 13.8. The Morgan fingerprint density at radius 1 is 1.21 bits per heavy atom. The van der Waals surface area contributed by atoms with Crippen LogP contribution in [0.5, 0.6) is 6.01 Å². The summed E-state index contributed by atoms with van der Waals surface area (Å²) in [4.78, 5) is 12.0. The third-order valence-corrected chi connectivity index (χ3v) is 3.99. The number of anilines is 1. The Bertz CT molecular complexity index is 826. The van der Waals surface area contributed by atoms with Gasteiger partial charge in [0.1, 0.15) is 0 Å². The molecule has 0 bridgehead atoms. The summed E-state index contributed by atoms with van der Waals surface area (Å²) in [6.45, 7) is 4.22. The van der Waals surface area contributed by atoms with Gasteiger partial charge >= 0.3 is 6.01 Å². The van der Waals surface area contributed by atoms with Gasteiger partial charge in [-0.3, -0.25) is 9.20 Å². The molecule has 0 radical (unpaired) electrons. The van der Waals surface area contributed by atoms with Crippen molar-refractivity contribution in [1.82, 2.24) is 14.6 Å². The summed E-state index contributed by atoms with van der Waals surface area (Å²) < 4.78 is 7.14. The third-order valence-electron chi connectivity index (χ3n) is 3.99. The summed E-state index contributed by atoms with van der Waals surface area (Å²) in [5.41, 5.74) is 2.69. The first kappa shape index (κ1) is 16.0. The summed E-state index contributed by atoms with van der Waals surface area (Å²) in [6, 6.07) is 13.7. The van der Waals surface area contributed by atoms with E-state index in [9.17, 15) is 4.79 Å². The van der Waals surface area contributed by atoms with Crippen LogP contribution in [-0.2, 0) is 4.79 Å². The minimum atomic E-state index is -0.237. The highest BCUT2D eigenvalue weighted by Gasteiger charge is 2.09. The molecule has 0 saturated carbocycles. The second-order valence-electron chi connectivity index (χ2n) is 5.68. The quantitative estimate of drug-likeness (QED) is 0.755. The topological polar surface area (TPSA) is 68.5 Å². The highest BCUT2D eigenvalue weighted by atomic mass is 16.5. The first-order valence-electron chi connectivity index (χ1n) is 7.99. The molecule has 0 aliphatic rings. The van der Waals surface area contributed by atoms with E-state index < -0.39 is 0 Å². The number of aromatic nitrogens is 3. The lowest BCUT2D eigenvalue weighted by Crippen LogP contribution is -2.20. The van der Waals surface area contributed by atoms with Crippen molar-refractivity contribution in [3.05, 3.63) is 54.2 Å². The Morgan fingerprint density at radius 2 is 2.00 bits per heavy atom. The molecule has 3 rings (SSSR count). The van der Waals surface area contributed by atoms with Crippen LogP contribution in [0.15, 0.2) is 48.7 Å². The van der Waals surface area contributed by atoms with Gasteiger partial charge in [-0.15, -0.1) is 5.10 Å². The van der Waals surface area contributed by atoms with Crippen LogP contribution in [0, 0.1) is 0 Å². The summed E-state index contributed by atoms with van der Waals surface area (Å²) in [5, 5.41) is 10.7. The average Bonchev–Trinajstić information content (AvgIpc) is 3.03. The Labute approximate surface area is 140 Å². The normalized spacial score (nSPS) is 12.1. The van der Waals surface area contributed by atoms with Crippen LogP contribution in [-0.4, -0.2) is 27.1 Å². The summed E-state index contributed by atoms with van der Waals surface area (Å²) >= 11 is 0. The number of pyridine rings is 1. The fraction of sp³-hybridized carbons (Fsp3) is 0.278. The summed E-state index contributed by atoms with van der Waals surface area (Å²) in [6.07, 6.45) is 2.88. The van der Waals surface area contributed by atoms with Gasteiger partial charge in [0.15, 0.2) is 12.3 Å². The van der Waals surface area contributed by atoms with E-state index >= 15 is 0 Å². The van der Waals surface area contributed by atoms with Crippen LogP contribution in [0.3, 0.4) is 0 Å². The zero-order chi connectivity index (χ0) is 16.9. The fourth-order valence-corrected chi connectivity index (χ4v) is 2.38. The zero-order valence-electron chi connectivity index (χ0n) is 13.8. The molecular weight excluding hydrogens is 304 g/mol. The molecule has 1 aromatic carbocycles. The van der Waals surface area contributed by atoms with E-state index in [4.69, 9.17) is 4.74 Å². The van der Waals surface area contributed by atoms with Gasteiger partial charge in [-0.1, -0.05) is 37.1 Å². The highest BCUT2D eigenvalue weighted by Crippen LogP contribution is 2.20. The largest absolute Gasteiger partial charge is 0.453 e. The first-order chi connectivity index (χ1) is 11.7. The minimum absolute atomic E-state index is 0.122. The molecule has 1 N–H and O–H groups in total. The predicted octanol–water partition coefficient (Wildman–Crippen LogP) is 3.26. The van der Waals surface area contributed by atoms with Crippen LogP contribution in [0.25, 0.3) is 5.65 Å². The van der Waals surface area contributed by atoms with E-state index in [-0.39, 0.29) is 12.5 Å². The molecule has 6 heteroatoms. The Balaban J connectivity index is 1.57. The van der Waals surface area contributed by atoms with E-state index in [1.807, 2.05) is 42.5 Å². The molecule has 1 amide bonds. The molecule has 0 fully saturated rings. The lowest BCUT2D eigenvalue weighted by Gasteiger charge is -2.10. The molecule has 124 valence electrons. The number of nitrogens with one attached hydrogen (secondary N) is 1. The minimum Gasteiger partial charge on any atom is -0.453 e. The van der Waals surface area contributed by atoms with E-state index in [2.05, 4.69) is 29.4 Å². The van der Waals surface area contributed by atoms with Crippen LogP contribution < -0.4 is 10.1 Å². The first-order valence-corrected chi connectivity index (χ1v) is 7.99. The van der Waals surface area contributed by atoms with Gasteiger partial charge in [0.25, 0.3) is 5.91 Å². The molecule has 24 heavy (non-hydrogen) atoms. The monoisotopic (exact) mass is 324 g/mol. The van der Waals surface area contributed by atoms with Crippen LogP contribution in [0.2, 0.25) is 0 Å². The maximum atomic E-state index is 12.0. The van der Waals surface area contributed by atoms with Gasteiger partial charge < -0.3 is 10.1 Å². The second kappa shape index (κ2) is 7.12. The fourth-order valence-electron chi connectivity index (χ4n) is 2.38. The molecule has 3 aromatic rings. The molecular formula is C18H20N4O2. The van der Waals surface area contributed by atoms with E-state index in [0.29, 0.717) is 17.6 Å². The molecule has 1 unspecified atom stereocenters. The van der Waals surface area contributed by atoms with Crippen molar-refractivity contribution in [2.75, 3.05) is 11.9 Å². The molecule has 6 nitrogen and oxygen atoms in total. The number of carbonyl (C=O) groups is 1.